The minimum absolute atomic E-state index is 0.591. The standard InChI is InChI=1S/C8H16N2/c1-5-9-7-4-8(2-3-8)10-6-1/h9-10H,1-7H2. The van der Waals surface area contributed by atoms with Crippen LogP contribution in [0.3, 0.4) is 0 Å². The van der Waals surface area contributed by atoms with E-state index in [1.807, 2.05) is 0 Å². The predicted molar refractivity (Wildman–Crippen MR) is 42.1 cm³/mol. The molecule has 0 aromatic heterocycles. The fourth-order valence-corrected chi connectivity index (χ4v) is 1.69. The second-order valence-electron chi connectivity index (χ2n) is 3.56. The van der Waals surface area contributed by atoms with Gasteiger partial charge in [0.1, 0.15) is 0 Å². The van der Waals surface area contributed by atoms with E-state index in [1.165, 1.54) is 45.3 Å². The highest BCUT2D eigenvalue weighted by Crippen LogP contribution is 2.38. The van der Waals surface area contributed by atoms with Gasteiger partial charge in [-0.05, 0) is 45.3 Å². The predicted octanol–water partition coefficient (Wildman–Crippen LogP) is 0.492. The zero-order chi connectivity index (χ0) is 6.86. The van der Waals surface area contributed by atoms with E-state index in [2.05, 4.69) is 10.6 Å². The summed E-state index contributed by atoms with van der Waals surface area (Å²) < 4.78 is 0. The fourth-order valence-electron chi connectivity index (χ4n) is 1.69. The lowest BCUT2D eigenvalue weighted by Gasteiger charge is -2.20. The smallest absolute Gasteiger partial charge is 0.0195 e. The van der Waals surface area contributed by atoms with Crippen molar-refractivity contribution in [3.8, 4) is 0 Å². The van der Waals surface area contributed by atoms with Crippen molar-refractivity contribution in [3.05, 3.63) is 0 Å². The summed E-state index contributed by atoms with van der Waals surface area (Å²) in [6.45, 7) is 3.63. The minimum atomic E-state index is 0.591. The lowest BCUT2D eigenvalue weighted by molar-refractivity contribution is 0.413. The lowest BCUT2D eigenvalue weighted by Crippen LogP contribution is -2.39. The quantitative estimate of drug-likeness (QED) is 0.512. The molecule has 2 fully saturated rings. The Kier molecular flexibility index (Phi) is 1.66. The molecule has 1 aliphatic carbocycles. The van der Waals surface area contributed by atoms with E-state index in [0.717, 1.165) is 0 Å². The van der Waals surface area contributed by atoms with Crippen LogP contribution in [0.1, 0.15) is 25.7 Å². The van der Waals surface area contributed by atoms with E-state index in [-0.39, 0.29) is 0 Å². The van der Waals surface area contributed by atoms with Gasteiger partial charge in [0, 0.05) is 5.54 Å². The van der Waals surface area contributed by atoms with Crippen LogP contribution in [0.5, 0.6) is 0 Å². The number of rotatable bonds is 0. The van der Waals surface area contributed by atoms with Crippen LogP contribution >= 0.6 is 0 Å². The first-order chi connectivity index (χ1) is 4.91. The lowest BCUT2D eigenvalue weighted by atomic mass is 10.1. The molecule has 2 N–H and O–H groups in total. The molecule has 1 saturated carbocycles. The summed E-state index contributed by atoms with van der Waals surface area (Å²) in [5.41, 5.74) is 0.591. The Labute approximate surface area is 62.4 Å². The van der Waals surface area contributed by atoms with E-state index in [4.69, 9.17) is 0 Å². The van der Waals surface area contributed by atoms with Gasteiger partial charge in [0.15, 0.2) is 0 Å². The van der Waals surface area contributed by atoms with Gasteiger partial charge in [-0.2, -0.15) is 0 Å². The van der Waals surface area contributed by atoms with Crippen molar-refractivity contribution >= 4 is 0 Å². The molecule has 10 heavy (non-hydrogen) atoms. The maximum atomic E-state index is 3.63. The Morgan fingerprint density at radius 3 is 2.60 bits per heavy atom. The molecular weight excluding hydrogens is 124 g/mol. The highest BCUT2D eigenvalue weighted by molar-refractivity contribution is 5.02. The summed E-state index contributed by atoms with van der Waals surface area (Å²) in [6.07, 6.45) is 5.46. The molecule has 1 aliphatic heterocycles. The first kappa shape index (κ1) is 6.62. The number of hydrogen-bond donors (Lipinski definition) is 2. The van der Waals surface area contributed by atoms with Gasteiger partial charge in [-0.3, -0.25) is 0 Å². The molecule has 0 aromatic rings. The Balaban J connectivity index is 1.84. The van der Waals surface area contributed by atoms with Crippen LogP contribution in [-0.2, 0) is 0 Å². The normalized spacial score (nSPS) is 31.2. The van der Waals surface area contributed by atoms with Crippen LogP contribution in [0.4, 0.5) is 0 Å². The molecule has 2 aliphatic rings. The Morgan fingerprint density at radius 2 is 1.80 bits per heavy atom. The van der Waals surface area contributed by atoms with Gasteiger partial charge in [-0.1, -0.05) is 0 Å². The van der Waals surface area contributed by atoms with Crippen molar-refractivity contribution < 1.29 is 0 Å². The summed E-state index contributed by atoms with van der Waals surface area (Å²) >= 11 is 0. The topological polar surface area (TPSA) is 24.1 Å². The van der Waals surface area contributed by atoms with E-state index in [9.17, 15) is 0 Å². The van der Waals surface area contributed by atoms with Gasteiger partial charge in [0.25, 0.3) is 0 Å². The molecule has 2 nitrogen and oxygen atoms in total. The van der Waals surface area contributed by atoms with Gasteiger partial charge in [0.05, 0.1) is 0 Å². The van der Waals surface area contributed by atoms with Gasteiger partial charge in [0.2, 0.25) is 0 Å². The van der Waals surface area contributed by atoms with E-state index < -0.39 is 0 Å². The Hall–Kier alpha value is -0.0800. The van der Waals surface area contributed by atoms with Gasteiger partial charge in [-0.15, -0.1) is 0 Å². The number of nitrogens with one attached hydrogen (secondary N) is 2. The Morgan fingerprint density at radius 1 is 0.900 bits per heavy atom. The second kappa shape index (κ2) is 2.51. The molecule has 1 spiro atoms. The molecule has 0 aromatic carbocycles. The molecule has 0 bridgehead atoms. The molecule has 0 radical (unpaired) electrons. The van der Waals surface area contributed by atoms with Crippen LogP contribution in [0.25, 0.3) is 0 Å². The third kappa shape index (κ3) is 1.32. The highest BCUT2D eigenvalue weighted by Gasteiger charge is 2.41. The average Bonchev–Trinajstić information content (AvgIpc) is 2.61. The summed E-state index contributed by atoms with van der Waals surface area (Å²) in [6, 6.07) is 0. The summed E-state index contributed by atoms with van der Waals surface area (Å²) in [7, 11) is 0. The van der Waals surface area contributed by atoms with Crippen molar-refractivity contribution in [2.75, 3.05) is 19.6 Å². The van der Waals surface area contributed by atoms with Gasteiger partial charge in [-0.25, -0.2) is 0 Å². The molecule has 0 amide bonds. The molecular formula is C8H16N2. The first-order valence-electron chi connectivity index (χ1n) is 4.37. The van der Waals surface area contributed by atoms with Crippen LogP contribution < -0.4 is 10.6 Å². The zero-order valence-corrected chi connectivity index (χ0v) is 6.45. The molecule has 0 atom stereocenters. The van der Waals surface area contributed by atoms with E-state index >= 15 is 0 Å². The minimum Gasteiger partial charge on any atom is -0.317 e. The van der Waals surface area contributed by atoms with E-state index in [1.54, 1.807) is 0 Å². The molecule has 1 heterocycles. The maximum absolute atomic E-state index is 3.63. The van der Waals surface area contributed by atoms with Gasteiger partial charge < -0.3 is 10.6 Å². The Bertz CT molecular complexity index is 108. The highest BCUT2D eigenvalue weighted by atomic mass is 15.0. The largest absolute Gasteiger partial charge is 0.317 e. The fraction of sp³-hybridized carbons (Fsp3) is 1.00. The summed E-state index contributed by atoms with van der Waals surface area (Å²) in [5, 5.41) is 7.07. The molecule has 0 unspecified atom stereocenters. The van der Waals surface area contributed by atoms with Crippen molar-refractivity contribution in [2.45, 2.75) is 31.2 Å². The molecule has 58 valence electrons. The monoisotopic (exact) mass is 140 g/mol. The van der Waals surface area contributed by atoms with E-state index in [0.29, 0.717) is 5.54 Å². The molecule has 2 heteroatoms. The van der Waals surface area contributed by atoms with Crippen LogP contribution in [0.2, 0.25) is 0 Å². The van der Waals surface area contributed by atoms with Crippen molar-refractivity contribution in [3.63, 3.8) is 0 Å². The second-order valence-corrected chi connectivity index (χ2v) is 3.56. The van der Waals surface area contributed by atoms with Crippen molar-refractivity contribution in [1.82, 2.24) is 10.6 Å². The van der Waals surface area contributed by atoms with Crippen LogP contribution in [0.15, 0.2) is 0 Å². The summed E-state index contributed by atoms with van der Waals surface area (Å²) in [4.78, 5) is 0. The number of hydrogen-bond acceptors (Lipinski definition) is 2. The van der Waals surface area contributed by atoms with Gasteiger partial charge >= 0.3 is 0 Å². The first-order valence-corrected chi connectivity index (χ1v) is 4.37. The van der Waals surface area contributed by atoms with Crippen molar-refractivity contribution in [1.29, 1.82) is 0 Å². The average molecular weight is 140 g/mol. The summed E-state index contributed by atoms with van der Waals surface area (Å²) in [5.74, 6) is 0. The van der Waals surface area contributed by atoms with Crippen LogP contribution in [-0.4, -0.2) is 25.2 Å². The van der Waals surface area contributed by atoms with Crippen LogP contribution in [0, 0.1) is 0 Å². The maximum Gasteiger partial charge on any atom is 0.0195 e. The third-order valence-electron chi connectivity index (χ3n) is 2.66. The molecule has 1 saturated heterocycles. The third-order valence-corrected chi connectivity index (χ3v) is 2.66. The zero-order valence-electron chi connectivity index (χ0n) is 6.45. The van der Waals surface area contributed by atoms with Crippen molar-refractivity contribution in [2.24, 2.45) is 0 Å². The SMILES string of the molecule is C1CNCCC2(CC2)NC1. The molecule has 2 rings (SSSR count).